The van der Waals surface area contributed by atoms with Gasteiger partial charge in [-0.2, -0.15) is 5.10 Å². The normalized spacial score (nSPS) is 22.6. The minimum absolute atomic E-state index is 0.0260. The van der Waals surface area contributed by atoms with Crippen molar-refractivity contribution in [3.8, 4) is 0 Å². The zero-order valence-electron chi connectivity index (χ0n) is 11.2. The van der Waals surface area contributed by atoms with Gasteiger partial charge in [0, 0.05) is 18.8 Å². The van der Waals surface area contributed by atoms with Gasteiger partial charge in [-0.3, -0.25) is 9.58 Å². The lowest BCUT2D eigenvalue weighted by Crippen LogP contribution is -2.52. The van der Waals surface area contributed by atoms with Crippen LogP contribution in [0.4, 0.5) is 0 Å². The maximum atomic E-state index is 6.51. The average molecular weight is 236 g/mol. The highest BCUT2D eigenvalue weighted by atomic mass is 15.3. The average Bonchev–Trinajstić information content (AvgIpc) is 2.97. The maximum absolute atomic E-state index is 6.51. The summed E-state index contributed by atoms with van der Waals surface area (Å²) >= 11 is 0. The van der Waals surface area contributed by atoms with Crippen LogP contribution in [0.25, 0.3) is 0 Å². The van der Waals surface area contributed by atoms with Crippen molar-refractivity contribution >= 4 is 0 Å². The van der Waals surface area contributed by atoms with E-state index in [-0.39, 0.29) is 11.6 Å². The van der Waals surface area contributed by atoms with Crippen molar-refractivity contribution in [2.24, 2.45) is 12.8 Å². The van der Waals surface area contributed by atoms with E-state index in [9.17, 15) is 0 Å². The molecule has 0 saturated carbocycles. The second kappa shape index (κ2) is 4.78. The molecule has 1 aliphatic heterocycles. The molecule has 1 aliphatic rings. The van der Waals surface area contributed by atoms with Crippen LogP contribution in [0.1, 0.15) is 44.8 Å². The van der Waals surface area contributed by atoms with Crippen LogP contribution in [-0.2, 0) is 7.05 Å². The third-order valence-corrected chi connectivity index (χ3v) is 4.39. The van der Waals surface area contributed by atoms with Crippen molar-refractivity contribution < 1.29 is 0 Å². The predicted molar refractivity (Wildman–Crippen MR) is 69.6 cm³/mol. The Morgan fingerprint density at radius 2 is 2.12 bits per heavy atom. The van der Waals surface area contributed by atoms with Crippen molar-refractivity contribution in [2.45, 2.75) is 44.7 Å². The molecule has 4 heteroatoms. The van der Waals surface area contributed by atoms with Crippen LogP contribution in [0.15, 0.2) is 12.3 Å². The molecule has 0 bridgehead atoms. The molecular formula is C13H24N4. The molecule has 1 aromatic heterocycles. The third-order valence-electron chi connectivity index (χ3n) is 4.39. The van der Waals surface area contributed by atoms with Gasteiger partial charge in [-0.15, -0.1) is 0 Å². The van der Waals surface area contributed by atoms with Crippen LogP contribution in [-0.4, -0.2) is 33.3 Å². The summed E-state index contributed by atoms with van der Waals surface area (Å²) in [5, 5.41) is 4.23. The summed E-state index contributed by atoms with van der Waals surface area (Å²) in [6.07, 6.45) is 5.50. The molecule has 0 aromatic carbocycles. The van der Waals surface area contributed by atoms with Crippen molar-refractivity contribution in [1.82, 2.24) is 14.7 Å². The van der Waals surface area contributed by atoms with Crippen LogP contribution in [0.3, 0.4) is 0 Å². The van der Waals surface area contributed by atoms with Gasteiger partial charge in [-0.25, -0.2) is 0 Å². The number of hydrogen-bond acceptors (Lipinski definition) is 3. The third kappa shape index (κ3) is 2.11. The summed E-state index contributed by atoms with van der Waals surface area (Å²) in [6.45, 7) is 6.87. The highest BCUT2D eigenvalue weighted by Crippen LogP contribution is 2.34. The summed E-state index contributed by atoms with van der Waals surface area (Å²) in [7, 11) is 1.97. The van der Waals surface area contributed by atoms with Gasteiger partial charge in [0.05, 0.1) is 11.7 Å². The molecule has 0 radical (unpaired) electrons. The van der Waals surface area contributed by atoms with E-state index in [2.05, 4.69) is 23.8 Å². The monoisotopic (exact) mass is 236 g/mol. The van der Waals surface area contributed by atoms with Crippen molar-refractivity contribution in [2.75, 3.05) is 13.1 Å². The van der Waals surface area contributed by atoms with E-state index in [1.165, 1.54) is 25.9 Å². The van der Waals surface area contributed by atoms with Crippen molar-refractivity contribution in [1.29, 1.82) is 0 Å². The molecule has 1 fully saturated rings. The Bertz CT molecular complexity index is 367. The van der Waals surface area contributed by atoms with Gasteiger partial charge in [0.1, 0.15) is 0 Å². The maximum Gasteiger partial charge on any atom is 0.0651 e. The molecule has 0 aliphatic carbocycles. The van der Waals surface area contributed by atoms with Crippen LogP contribution >= 0.6 is 0 Å². The second-order valence-electron chi connectivity index (χ2n) is 5.26. The van der Waals surface area contributed by atoms with Crippen LogP contribution in [0, 0.1) is 0 Å². The van der Waals surface area contributed by atoms with Gasteiger partial charge in [0.2, 0.25) is 0 Å². The second-order valence-corrected chi connectivity index (χ2v) is 5.26. The van der Waals surface area contributed by atoms with Gasteiger partial charge in [0.15, 0.2) is 0 Å². The van der Waals surface area contributed by atoms with Crippen LogP contribution in [0.5, 0.6) is 0 Å². The van der Waals surface area contributed by atoms with E-state index in [1.807, 2.05) is 24.0 Å². The van der Waals surface area contributed by atoms with E-state index in [4.69, 9.17) is 5.73 Å². The van der Waals surface area contributed by atoms with E-state index >= 15 is 0 Å². The van der Waals surface area contributed by atoms with E-state index < -0.39 is 0 Å². The number of rotatable bonds is 4. The number of nitrogens with zero attached hydrogens (tertiary/aromatic N) is 3. The lowest BCUT2D eigenvalue weighted by molar-refractivity contribution is 0.0969. The number of hydrogen-bond donors (Lipinski definition) is 1. The van der Waals surface area contributed by atoms with Crippen molar-refractivity contribution in [3.63, 3.8) is 0 Å². The molecule has 1 aromatic rings. The zero-order chi connectivity index (χ0) is 12.5. The molecular weight excluding hydrogens is 212 g/mol. The summed E-state index contributed by atoms with van der Waals surface area (Å²) in [6, 6.07) is 2.06. The van der Waals surface area contributed by atoms with Gasteiger partial charge >= 0.3 is 0 Å². The minimum atomic E-state index is 0.0260. The summed E-state index contributed by atoms with van der Waals surface area (Å²) in [4.78, 5) is 2.55. The van der Waals surface area contributed by atoms with Gasteiger partial charge < -0.3 is 5.73 Å². The molecule has 0 amide bonds. The number of nitrogens with two attached hydrogens (primary N) is 1. The Morgan fingerprint density at radius 3 is 2.59 bits per heavy atom. The summed E-state index contributed by atoms with van der Waals surface area (Å²) in [5.74, 6) is 0. The molecule has 17 heavy (non-hydrogen) atoms. The Labute approximate surface area is 104 Å². The Hall–Kier alpha value is -0.870. The van der Waals surface area contributed by atoms with Gasteiger partial charge in [-0.1, -0.05) is 6.92 Å². The molecule has 2 atom stereocenters. The summed E-state index contributed by atoms with van der Waals surface area (Å²) < 4.78 is 1.90. The fraction of sp³-hybridized carbons (Fsp3) is 0.769. The first-order valence-electron chi connectivity index (χ1n) is 6.58. The lowest BCUT2D eigenvalue weighted by atomic mass is 9.86. The molecule has 2 rings (SSSR count). The SMILES string of the molecule is CCC(C)(C(N)c1ccnn1C)N1CCCC1. The highest BCUT2D eigenvalue weighted by Gasteiger charge is 2.39. The summed E-state index contributed by atoms with van der Waals surface area (Å²) in [5.41, 5.74) is 7.68. The molecule has 2 N–H and O–H groups in total. The Kier molecular flexibility index (Phi) is 3.54. The molecule has 4 nitrogen and oxygen atoms in total. The minimum Gasteiger partial charge on any atom is -0.321 e. The number of aryl methyl sites for hydroxylation is 1. The first-order chi connectivity index (χ1) is 8.09. The predicted octanol–water partition coefficient (Wildman–Crippen LogP) is 1.68. The first kappa shape index (κ1) is 12.6. The van der Waals surface area contributed by atoms with Crippen molar-refractivity contribution in [3.05, 3.63) is 18.0 Å². The van der Waals surface area contributed by atoms with Gasteiger partial charge in [0.25, 0.3) is 0 Å². The smallest absolute Gasteiger partial charge is 0.0651 e. The van der Waals surface area contributed by atoms with Gasteiger partial charge in [-0.05, 0) is 45.3 Å². The number of aromatic nitrogens is 2. The lowest BCUT2D eigenvalue weighted by Gasteiger charge is -2.42. The molecule has 2 unspecified atom stereocenters. The standard InChI is InChI=1S/C13H24N4/c1-4-13(2,17-9-5-6-10-17)12(14)11-7-8-15-16(11)3/h7-8,12H,4-6,9-10,14H2,1-3H3. The van der Waals surface area contributed by atoms with E-state index in [1.54, 1.807) is 0 Å². The molecule has 96 valence electrons. The number of likely N-dealkylation sites (tertiary alicyclic amines) is 1. The molecule has 2 heterocycles. The highest BCUT2D eigenvalue weighted by molar-refractivity contribution is 5.13. The fourth-order valence-electron chi connectivity index (χ4n) is 2.88. The Balaban J connectivity index is 2.25. The first-order valence-corrected chi connectivity index (χ1v) is 6.58. The quantitative estimate of drug-likeness (QED) is 0.865. The molecule has 1 saturated heterocycles. The largest absolute Gasteiger partial charge is 0.321 e. The fourth-order valence-corrected chi connectivity index (χ4v) is 2.88. The van der Waals surface area contributed by atoms with Crippen LogP contribution < -0.4 is 5.73 Å². The van der Waals surface area contributed by atoms with E-state index in [0.29, 0.717) is 0 Å². The topological polar surface area (TPSA) is 47.1 Å². The zero-order valence-corrected chi connectivity index (χ0v) is 11.2. The Morgan fingerprint density at radius 1 is 1.47 bits per heavy atom. The molecule has 0 spiro atoms. The van der Waals surface area contributed by atoms with Crippen LogP contribution in [0.2, 0.25) is 0 Å². The van der Waals surface area contributed by atoms with E-state index in [0.717, 1.165) is 12.1 Å².